The molecule has 0 aliphatic heterocycles. The van der Waals surface area contributed by atoms with Crippen molar-refractivity contribution >= 4 is 17.8 Å². The Labute approximate surface area is 185 Å². The number of amides is 3. The van der Waals surface area contributed by atoms with Gasteiger partial charge in [-0.3, -0.25) is 4.98 Å². The first-order valence-electron chi connectivity index (χ1n) is 10.0. The number of benzene rings is 1. The van der Waals surface area contributed by atoms with E-state index in [1.54, 1.807) is 39.2 Å². The van der Waals surface area contributed by atoms with E-state index in [2.05, 4.69) is 15.6 Å². The fourth-order valence-corrected chi connectivity index (χ4v) is 2.75. The molecule has 0 aliphatic rings. The van der Waals surface area contributed by atoms with Crippen LogP contribution in [0.2, 0.25) is 0 Å². The first kappa shape index (κ1) is 25.0. The second kappa shape index (κ2) is 10.8. The molecule has 2 N–H and O–H groups in total. The lowest BCUT2D eigenvalue weighted by Gasteiger charge is -2.27. The molecule has 0 saturated heterocycles. The predicted octanol–water partition coefficient (Wildman–Crippen LogP) is 5.05. The highest BCUT2D eigenvalue weighted by atomic mass is 19.4. The van der Waals surface area contributed by atoms with Crippen molar-refractivity contribution in [1.29, 1.82) is 0 Å². The number of hydrogen-bond acceptors (Lipinski definition) is 4. The van der Waals surface area contributed by atoms with E-state index in [0.29, 0.717) is 6.42 Å². The first-order valence-corrected chi connectivity index (χ1v) is 10.0. The fraction of sp³-hybridized carbons (Fsp3) is 0.409. The molecule has 0 spiro atoms. The monoisotopic (exact) mass is 452 g/mol. The molecule has 2 aromatic rings. The highest BCUT2D eigenvalue weighted by Crippen LogP contribution is 2.34. The third-order valence-electron chi connectivity index (χ3n) is 4.12. The zero-order chi connectivity index (χ0) is 23.8. The summed E-state index contributed by atoms with van der Waals surface area (Å²) in [6, 6.07) is 7.55. The minimum absolute atomic E-state index is 0.145. The molecule has 0 fully saturated rings. The predicted molar refractivity (Wildman–Crippen MR) is 114 cm³/mol. The molecular formula is C22H27F3N4O3. The van der Waals surface area contributed by atoms with Crippen LogP contribution in [0.4, 0.5) is 28.4 Å². The number of para-hydroxylation sites is 1. The van der Waals surface area contributed by atoms with Gasteiger partial charge in [0.05, 0.1) is 17.8 Å². The van der Waals surface area contributed by atoms with E-state index in [0.717, 1.165) is 11.6 Å². The molecule has 2 rings (SSSR count). The van der Waals surface area contributed by atoms with Crippen LogP contribution < -0.4 is 10.6 Å². The van der Waals surface area contributed by atoms with Gasteiger partial charge in [-0.1, -0.05) is 18.2 Å². The molecule has 1 heterocycles. The lowest BCUT2D eigenvalue weighted by atomic mass is 10.1. The van der Waals surface area contributed by atoms with Gasteiger partial charge in [0.25, 0.3) is 0 Å². The largest absolute Gasteiger partial charge is 0.444 e. The normalized spacial score (nSPS) is 11.6. The molecule has 3 amide bonds. The van der Waals surface area contributed by atoms with Gasteiger partial charge in [0.15, 0.2) is 0 Å². The molecule has 0 saturated carbocycles. The Morgan fingerprint density at radius 1 is 1.09 bits per heavy atom. The van der Waals surface area contributed by atoms with Gasteiger partial charge in [0, 0.05) is 25.5 Å². The van der Waals surface area contributed by atoms with E-state index in [1.807, 2.05) is 6.07 Å². The molecule has 0 unspecified atom stereocenters. The quantitative estimate of drug-likeness (QED) is 0.576. The van der Waals surface area contributed by atoms with Crippen molar-refractivity contribution in [2.24, 2.45) is 0 Å². The number of carbonyl (C=O) groups excluding carboxylic acids is 2. The second-order valence-electron chi connectivity index (χ2n) is 8.04. The Bertz CT molecular complexity index is 899. The van der Waals surface area contributed by atoms with Gasteiger partial charge in [-0.2, -0.15) is 13.2 Å². The summed E-state index contributed by atoms with van der Waals surface area (Å²) in [5.41, 5.74) is -1.12. The van der Waals surface area contributed by atoms with Crippen LogP contribution >= 0.6 is 0 Å². The lowest BCUT2D eigenvalue weighted by molar-refractivity contribution is -0.136. The third kappa shape index (κ3) is 8.44. The summed E-state index contributed by atoms with van der Waals surface area (Å²) in [4.78, 5) is 30.1. The number of hydrogen-bond donors (Lipinski definition) is 2. The topological polar surface area (TPSA) is 83.6 Å². The van der Waals surface area contributed by atoms with Gasteiger partial charge in [0.2, 0.25) is 0 Å². The molecule has 1 aromatic heterocycles. The second-order valence-corrected chi connectivity index (χ2v) is 8.04. The number of anilines is 1. The van der Waals surface area contributed by atoms with Crippen molar-refractivity contribution < 1.29 is 27.5 Å². The number of nitrogens with zero attached hydrogens (tertiary/aromatic N) is 2. The van der Waals surface area contributed by atoms with E-state index >= 15 is 0 Å². The maximum absolute atomic E-state index is 13.0. The minimum Gasteiger partial charge on any atom is -0.444 e. The highest BCUT2D eigenvalue weighted by Gasteiger charge is 2.33. The molecule has 174 valence electrons. The lowest BCUT2D eigenvalue weighted by Crippen LogP contribution is -2.38. The molecule has 0 bridgehead atoms. The van der Waals surface area contributed by atoms with Crippen molar-refractivity contribution in [2.45, 2.75) is 45.5 Å². The van der Waals surface area contributed by atoms with Crippen LogP contribution in [0.5, 0.6) is 0 Å². The summed E-state index contributed by atoms with van der Waals surface area (Å²) in [6.45, 7) is 5.97. The van der Waals surface area contributed by atoms with Crippen molar-refractivity contribution in [3.05, 3.63) is 59.9 Å². The number of ether oxygens (including phenoxy) is 1. The summed E-state index contributed by atoms with van der Waals surface area (Å²) < 4.78 is 44.6. The van der Waals surface area contributed by atoms with Crippen molar-refractivity contribution in [3.63, 3.8) is 0 Å². The van der Waals surface area contributed by atoms with Crippen LogP contribution in [-0.2, 0) is 17.5 Å². The van der Waals surface area contributed by atoms with Crippen LogP contribution in [0.15, 0.2) is 48.8 Å². The van der Waals surface area contributed by atoms with Gasteiger partial charge >= 0.3 is 18.3 Å². The Morgan fingerprint density at radius 3 is 2.44 bits per heavy atom. The smallest absolute Gasteiger partial charge is 0.418 e. The standard InChI is InChI=1S/C22H27F3N4O3/c1-21(2,3)32-20(31)29(15-16-8-6-11-26-14-16)13-7-12-27-19(30)28-18-10-5-4-9-17(18)22(23,24)25/h4-6,8-11,14H,7,12-13,15H2,1-3H3,(H2,27,28,30). The highest BCUT2D eigenvalue weighted by molar-refractivity contribution is 5.90. The maximum atomic E-state index is 13.0. The van der Waals surface area contributed by atoms with Crippen LogP contribution in [-0.4, -0.2) is 40.7 Å². The summed E-state index contributed by atoms with van der Waals surface area (Å²) in [5.74, 6) is 0. The number of aromatic nitrogens is 1. The molecule has 0 atom stereocenters. The molecule has 0 radical (unpaired) electrons. The van der Waals surface area contributed by atoms with E-state index in [-0.39, 0.29) is 25.3 Å². The van der Waals surface area contributed by atoms with Crippen LogP contribution in [0.1, 0.15) is 38.3 Å². The summed E-state index contributed by atoms with van der Waals surface area (Å²) in [6.07, 6.45) is -1.45. The molecule has 32 heavy (non-hydrogen) atoms. The van der Waals surface area contributed by atoms with Crippen LogP contribution in [0.25, 0.3) is 0 Å². The number of pyridine rings is 1. The summed E-state index contributed by atoms with van der Waals surface area (Å²) in [5, 5.41) is 4.72. The van der Waals surface area contributed by atoms with E-state index in [9.17, 15) is 22.8 Å². The van der Waals surface area contributed by atoms with E-state index in [4.69, 9.17) is 4.74 Å². The van der Waals surface area contributed by atoms with Crippen molar-refractivity contribution in [3.8, 4) is 0 Å². The molecule has 7 nitrogen and oxygen atoms in total. The van der Waals surface area contributed by atoms with Gasteiger partial charge in [-0.05, 0) is 51.0 Å². The summed E-state index contributed by atoms with van der Waals surface area (Å²) >= 11 is 0. The van der Waals surface area contributed by atoms with Gasteiger partial charge < -0.3 is 20.3 Å². The van der Waals surface area contributed by atoms with E-state index in [1.165, 1.54) is 23.1 Å². The van der Waals surface area contributed by atoms with Crippen molar-refractivity contribution in [2.75, 3.05) is 18.4 Å². The third-order valence-corrected chi connectivity index (χ3v) is 4.12. The Morgan fingerprint density at radius 2 is 1.81 bits per heavy atom. The number of urea groups is 1. The molecule has 0 aliphatic carbocycles. The first-order chi connectivity index (χ1) is 15.0. The summed E-state index contributed by atoms with van der Waals surface area (Å²) in [7, 11) is 0. The Kier molecular flexibility index (Phi) is 8.45. The fourth-order valence-electron chi connectivity index (χ4n) is 2.75. The van der Waals surface area contributed by atoms with Gasteiger partial charge in [-0.25, -0.2) is 9.59 Å². The number of halogens is 3. The molecule has 1 aromatic carbocycles. The zero-order valence-electron chi connectivity index (χ0n) is 18.2. The average molecular weight is 452 g/mol. The number of nitrogens with one attached hydrogen (secondary N) is 2. The van der Waals surface area contributed by atoms with Crippen molar-refractivity contribution in [1.82, 2.24) is 15.2 Å². The SMILES string of the molecule is CC(C)(C)OC(=O)N(CCCNC(=O)Nc1ccccc1C(F)(F)F)Cc1cccnc1. The number of rotatable bonds is 7. The van der Waals surface area contributed by atoms with Gasteiger partial charge in [-0.15, -0.1) is 0 Å². The minimum atomic E-state index is -4.58. The Balaban J connectivity index is 1.90. The molecule has 10 heteroatoms. The molecular weight excluding hydrogens is 425 g/mol. The van der Waals surface area contributed by atoms with E-state index < -0.39 is 29.5 Å². The number of alkyl halides is 3. The zero-order valence-corrected chi connectivity index (χ0v) is 18.2. The Hall–Kier alpha value is -3.30. The number of carbonyl (C=O) groups is 2. The maximum Gasteiger partial charge on any atom is 0.418 e. The van der Waals surface area contributed by atoms with Gasteiger partial charge in [0.1, 0.15) is 5.60 Å². The average Bonchev–Trinajstić information content (AvgIpc) is 2.69. The van der Waals surface area contributed by atoms with Crippen LogP contribution in [0.3, 0.4) is 0 Å². The van der Waals surface area contributed by atoms with Crippen LogP contribution in [0, 0.1) is 0 Å².